The lowest BCUT2D eigenvalue weighted by Crippen LogP contribution is -2.36. The predicted molar refractivity (Wildman–Crippen MR) is 84.3 cm³/mol. The molecular formula is C15H22ClNO3S. The highest BCUT2D eigenvalue weighted by Gasteiger charge is 2.29. The van der Waals surface area contributed by atoms with Gasteiger partial charge in [0.2, 0.25) is 10.0 Å². The first-order valence-corrected chi connectivity index (χ1v) is 9.11. The standard InChI is InChI=1S/C15H22ClNO3S/c1-11-7-12(2)15(8-14(11)9-16)21(18,19)17-5-4-6-20-13(3)10-17/h7-8,13H,4-6,9-10H2,1-3H3. The molecule has 1 aromatic rings. The summed E-state index contributed by atoms with van der Waals surface area (Å²) in [4.78, 5) is 0.359. The van der Waals surface area contributed by atoms with Gasteiger partial charge in [0.05, 0.1) is 11.0 Å². The van der Waals surface area contributed by atoms with Crippen molar-refractivity contribution in [2.24, 2.45) is 0 Å². The molecule has 1 atom stereocenters. The third-order valence-corrected chi connectivity index (χ3v) is 6.11. The van der Waals surface area contributed by atoms with Crippen LogP contribution in [0.15, 0.2) is 17.0 Å². The van der Waals surface area contributed by atoms with Crippen molar-refractivity contribution in [1.29, 1.82) is 0 Å². The van der Waals surface area contributed by atoms with Crippen molar-refractivity contribution in [2.45, 2.75) is 44.1 Å². The molecule has 0 saturated carbocycles. The Morgan fingerprint density at radius 3 is 2.71 bits per heavy atom. The number of hydrogen-bond donors (Lipinski definition) is 0. The molecule has 1 aliphatic rings. The summed E-state index contributed by atoms with van der Waals surface area (Å²) in [6, 6.07) is 3.60. The molecule has 2 rings (SSSR count). The minimum atomic E-state index is -3.50. The molecule has 1 unspecified atom stereocenters. The van der Waals surface area contributed by atoms with E-state index in [-0.39, 0.29) is 6.10 Å². The van der Waals surface area contributed by atoms with E-state index in [1.54, 1.807) is 6.07 Å². The maximum Gasteiger partial charge on any atom is 0.243 e. The quantitative estimate of drug-likeness (QED) is 0.800. The largest absolute Gasteiger partial charge is 0.377 e. The fraction of sp³-hybridized carbons (Fsp3) is 0.600. The van der Waals surface area contributed by atoms with Crippen molar-refractivity contribution in [3.05, 3.63) is 28.8 Å². The summed E-state index contributed by atoms with van der Waals surface area (Å²) in [5.41, 5.74) is 2.65. The molecule has 0 spiro atoms. The summed E-state index contributed by atoms with van der Waals surface area (Å²) in [7, 11) is -3.50. The maximum absolute atomic E-state index is 12.9. The van der Waals surface area contributed by atoms with E-state index in [2.05, 4.69) is 0 Å². The van der Waals surface area contributed by atoms with E-state index in [4.69, 9.17) is 16.3 Å². The fourth-order valence-electron chi connectivity index (χ4n) is 2.61. The predicted octanol–water partition coefficient (Wildman–Crippen LogP) is 2.84. The number of ether oxygens (including phenoxy) is 1. The highest BCUT2D eigenvalue weighted by molar-refractivity contribution is 7.89. The zero-order chi connectivity index (χ0) is 15.6. The number of alkyl halides is 1. The Morgan fingerprint density at radius 2 is 2.05 bits per heavy atom. The summed E-state index contributed by atoms with van der Waals surface area (Å²) in [5.74, 6) is 0.314. The van der Waals surface area contributed by atoms with Gasteiger partial charge >= 0.3 is 0 Å². The first-order chi connectivity index (χ1) is 9.86. The van der Waals surface area contributed by atoms with Crippen LogP contribution in [0.25, 0.3) is 0 Å². The molecular weight excluding hydrogens is 310 g/mol. The topological polar surface area (TPSA) is 46.6 Å². The molecule has 1 aliphatic heterocycles. The van der Waals surface area contributed by atoms with Crippen LogP contribution in [0.5, 0.6) is 0 Å². The van der Waals surface area contributed by atoms with Gasteiger partial charge < -0.3 is 4.74 Å². The smallest absolute Gasteiger partial charge is 0.243 e. The zero-order valence-electron chi connectivity index (χ0n) is 12.7. The summed E-state index contributed by atoms with van der Waals surface area (Å²) >= 11 is 5.91. The van der Waals surface area contributed by atoms with E-state index in [9.17, 15) is 8.42 Å². The van der Waals surface area contributed by atoms with Crippen LogP contribution in [0, 0.1) is 13.8 Å². The number of aryl methyl sites for hydroxylation is 2. The third kappa shape index (κ3) is 3.59. The summed E-state index contributed by atoms with van der Waals surface area (Å²) in [6.07, 6.45) is 0.636. The molecule has 21 heavy (non-hydrogen) atoms. The van der Waals surface area contributed by atoms with E-state index < -0.39 is 10.0 Å². The van der Waals surface area contributed by atoms with Gasteiger partial charge in [0, 0.05) is 25.6 Å². The SMILES string of the molecule is Cc1cc(C)c(S(=O)(=O)N2CCCOC(C)C2)cc1CCl. The van der Waals surface area contributed by atoms with Crippen molar-refractivity contribution in [3.63, 3.8) is 0 Å². The third-order valence-electron chi connectivity index (χ3n) is 3.81. The zero-order valence-corrected chi connectivity index (χ0v) is 14.3. The number of halogens is 1. The highest BCUT2D eigenvalue weighted by Crippen LogP contribution is 2.26. The molecule has 118 valence electrons. The van der Waals surface area contributed by atoms with E-state index >= 15 is 0 Å². The molecule has 0 N–H and O–H groups in total. The minimum absolute atomic E-state index is 0.0828. The van der Waals surface area contributed by atoms with Crippen molar-refractivity contribution in [2.75, 3.05) is 19.7 Å². The van der Waals surface area contributed by atoms with E-state index in [0.717, 1.165) is 23.1 Å². The molecule has 0 amide bonds. The molecule has 1 aromatic carbocycles. The summed E-state index contributed by atoms with van der Waals surface area (Å²) in [6.45, 7) is 7.17. The summed E-state index contributed by atoms with van der Waals surface area (Å²) in [5, 5.41) is 0. The van der Waals surface area contributed by atoms with E-state index in [1.165, 1.54) is 4.31 Å². The highest BCUT2D eigenvalue weighted by atomic mass is 35.5. The van der Waals surface area contributed by atoms with Crippen molar-refractivity contribution in [3.8, 4) is 0 Å². The molecule has 0 aliphatic carbocycles. The molecule has 1 saturated heterocycles. The Bertz CT molecular complexity index is 616. The normalized spacial score (nSPS) is 21.2. The average molecular weight is 332 g/mol. The minimum Gasteiger partial charge on any atom is -0.377 e. The lowest BCUT2D eigenvalue weighted by molar-refractivity contribution is 0.0752. The van der Waals surface area contributed by atoms with Crippen LogP contribution in [-0.4, -0.2) is 38.5 Å². The second-order valence-electron chi connectivity index (χ2n) is 5.58. The Balaban J connectivity index is 2.43. The second-order valence-corrected chi connectivity index (χ2v) is 7.75. The van der Waals surface area contributed by atoms with Gasteiger partial charge in [-0.1, -0.05) is 6.07 Å². The Hall–Kier alpha value is -0.620. The second kappa shape index (κ2) is 6.65. The van der Waals surface area contributed by atoms with Crippen LogP contribution in [0.1, 0.15) is 30.0 Å². The van der Waals surface area contributed by atoms with Gasteiger partial charge in [-0.3, -0.25) is 0 Å². The number of nitrogens with zero attached hydrogens (tertiary/aromatic N) is 1. The lowest BCUT2D eigenvalue weighted by Gasteiger charge is -2.23. The van der Waals surface area contributed by atoms with Gasteiger partial charge in [-0.2, -0.15) is 4.31 Å². The summed E-state index contributed by atoms with van der Waals surface area (Å²) < 4.78 is 32.9. The molecule has 4 nitrogen and oxygen atoms in total. The van der Waals surface area contributed by atoms with E-state index in [1.807, 2.05) is 26.8 Å². The number of hydrogen-bond acceptors (Lipinski definition) is 3. The van der Waals surface area contributed by atoms with Crippen LogP contribution >= 0.6 is 11.6 Å². The molecule has 0 aromatic heterocycles. The van der Waals surface area contributed by atoms with Gasteiger partial charge in [-0.05, 0) is 49.9 Å². The lowest BCUT2D eigenvalue weighted by atomic mass is 10.1. The number of sulfonamides is 1. The number of benzene rings is 1. The average Bonchev–Trinajstić information content (AvgIpc) is 2.63. The molecule has 0 radical (unpaired) electrons. The van der Waals surface area contributed by atoms with Gasteiger partial charge in [-0.15, -0.1) is 11.6 Å². The fourth-order valence-corrected chi connectivity index (χ4v) is 4.71. The van der Waals surface area contributed by atoms with Gasteiger partial charge in [0.25, 0.3) is 0 Å². The van der Waals surface area contributed by atoms with Crippen LogP contribution in [-0.2, 0) is 20.6 Å². The van der Waals surface area contributed by atoms with Crippen LogP contribution in [0.2, 0.25) is 0 Å². The Labute approximate surface area is 132 Å². The van der Waals surface area contributed by atoms with Crippen molar-refractivity contribution < 1.29 is 13.2 Å². The maximum atomic E-state index is 12.9. The molecule has 0 bridgehead atoms. The van der Waals surface area contributed by atoms with Crippen molar-refractivity contribution >= 4 is 21.6 Å². The van der Waals surface area contributed by atoms with Crippen LogP contribution < -0.4 is 0 Å². The van der Waals surface area contributed by atoms with Gasteiger partial charge in [-0.25, -0.2) is 8.42 Å². The first-order valence-electron chi connectivity index (χ1n) is 7.14. The Morgan fingerprint density at radius 1 is 1.33 bits per heavy atom. The van der Waals surface area contributed by atoms with Crippen molar-refractivity contribution in [1.82, 2.24) is 4.31 Å². The monoisotopic (exact) mass is 331 g/mol. The van der Waals surface area contributed by atoms with Crippen LogP contribution in [0.3, 0.4) is 0 Å². The molecule has 1 fully saturated rings. The van der Waals surface area contributed by atoms with E-state index in [0.29, 0.717) is 30.5 Å². The van der Waals surface area contributed by atoms with Gasteiger partial charge in [0.15, 0.2) is 0 Å². The molecule has 1 heterocycles. The molecule has 6 heteroatoms. The Kier molecular flexibility index (Phi) is 5.30. The van der Waals surface area contributed by atoms with Crippen LogP contribution in [0.4, 0.5) is 0 Å². The number of rotatable bonds is 3. The van der Waals surface area contributed by atoms with Gasteiger partial charge in [0.1, 0.15) is 0 Å². The first kappa shape index (κ1) is 16.7.